The Balaban J connectivity index is 1.27. The lowest BCUT2D eigenvalue weighted by Gasteiger charge is -2.36. The highest BCUT2D eigenvalue weighted by Crippen LogP contribution is 2.41. The SMILES string of the molecule is COc1cc(N2CCN(CCCC(=O)c3ccc4c(c3)CCC(=O)N4)CC2)cc(OC)c1OC. The molecule has 0 bridgehead atoms. The zero-order chi connectivity index (χ0) is 24.1. The highest BCUT2D eigenvalue weighted by atomic mass is 16.5. The standard InChI is InChI=1S/C26H33N3O5/c1-32-23-16-20(17-24(33-2)26(23)34-3)29-13-11-28(12-14-29)10-4-5-22(30)19-6-8-21-18(15-19)7-9-25(31)27-21/h6,8,15-17H,4-5,7,9-14H2,1-3H3,(H,27,31). The first kappa shape index (κ1) is 23.9. The third-order valence-corrected chi connectivity index (χ3v) is 6.59. The largest absolute Gasteiger partial charge is 0.493 e. The molecule has 2 heterocycles. The Bertz CT molecular complexity index is 1020. The molecule has 8 nitrogen and oxygen atoms in total. The molecule has 1 fully saturated rings. The summed E-state index contributed by atoms with van der Waals surface area (Å²) >= 11 is 0. The highest BCUT2D eigenvalue weighted by molar-refractivity contribution is 5.99. The third kappa shape index (κ3) is 5.28. The summed E-state index contributed by atoms with van der Waals surface area (Å²) in [7, 11) is 4.86. The van der Waals surface area contributed by atoms with Crippen LogP contribution in [0.2, 0.25) is 0 Å². The zero-order valence-corrected chi connectivity index (χ0v) is 20.2. The molecule has 0 spiro atoms. The van der Waals surface area contributed by atoms with Crippen LogP contribution in [-0.2, 0) is 11.2 Å². The van der Waals surface area contributed by atoms with Crippen LogP contribution in [0.15, 0.2) is 30.3 Å². The van der Waals surface area contributed by atoms with Crippen molar-refractivity contribution in [3.63, 3.8) is 0 Å². The van der Waals surface area contributed by atoms with Gasteiger partial charge >= 0.3 is 0 Å². The fraction of sp³-hybridized carbons (Fsp3) is 0.462. The quantitative estimate of drug-likeness (QED) is 0.566. The molecule has 2 aliphatic rings. The molecule has 0 aliphatic carbocycles. The van der Waals surface area contributed by atoms with Crippen LogP contribution in [-0.4, -0.2) is 70.6 Å². The molecule has 4 rings (SSSR count). The fourth-order valence-electron chi connectivity index (χ4n) is 4.64. The van der Waals surface area contributed by atoms with Crippen molar-refractivity contribution in [3.05, 3.63) is 41.5 Å². The Hall–Kier alpha value is -3.26. The topological polar surface area (TPSA) is 80.3 Å². The first-order chi connectivity index (χ1) is 16.5. The molecular weight excluding hydrogens is 434 g/mol. The molecule has 8 heteroatoms. The van der Waals surface area contributed by atoms with Gasteiger partial charge in [-0.15, -0.1) is 0 Å². The number of fused-ring (bicyclic) bond motifs is 1. The minimum Gasteiger partial charge on any atom is -0.493 e. The smallest absolute Gasteiger partial charge is 0.224 e. The van der Waals surface area contributed by atoms with Crippen molar-refractivity contribution in [2.24, 2.45) is 0 Å². The Labute approximate surface area is 200 Å². The van der Waals surface area contributed by atoms with E-state index in [2.05, 4.69) is 15.1 Å². The van der Waals surface area contributed by atoms with Gasteiger partial charge in [0.2, 0.25) is 11.7 Å². The Morgan fingerprint density at radius 2 is 1.65 bits per heavy atom. The summed E-state index contributed by atoms with van der Waals surface area (Å²) < 4.78 is 16.4. The van der Waals surface area contributed by atoms with E-state index in [4.69, 9.17) is 14.2 Å². The first-order valence-electron chi connectivity index (χ1n) is 11.8. The first-order valence-corrected chi connectivity index (χ1v) is 11.8. The van der Waals surface area contributed by atoms with Crippen LogP contribution in [0.25, 0.3) is 0 Å². The number of methoxy groups -OCH3 is 3. The van der Waals surface area contributed by atoms with Gasteiger partial charge in [-0.1, -0.05) is 0 Å². The molecule has 1 saturated heterocycles. The van der Waals surface area contributed by atoms with Gasteiger partial charge in [-0.25, -0.2) is 0 Å². The number of rotatable bonds is 9. The average Bonchev–Trinajstić information content (AvgIpc) is 2.87. The van der Waals surface area contributed by atoms with E-state index in [0.29, 0.717) is 36.5 Å². The Morgan fingerprint density at radius 1 is 0.941 bits per heavy atom. The molecule has 1 N–H and O–H groups in total. The monoisotopic (exact) mass is 467 g/mol. The maximum absolute atomic E-state index is 12.7. The van der Waals surface area contributed by atoms with E-state index in [1.54, 1.807) is 21.3 Å². The summed E-state index contributed by atoms with van der Waals surface area (Å²) in [6.45, 7) is 4.55. The van der Waals surface area contributed by atoms with Gasteiger partial charge in [0.05, 0.1) is 21.3 Å². The maximum atomic E-state index is 12.7. The predicted molar refractivity (Wildman–Crippen MR) is 132 cm³/mol. The third-order valence-electron chi connectivity index (χ3n) is 6.59. The number of carbonyl (C=O) groups excluding carboxylic acids is 2. The van der Waals surface area contributed by atoms with Crippen molar-refractivity contribution < 1.29 is 23.8 Å². The Morgan fingerprint density at radius 3 is 2.29 bits per heavy atom. The van der Waals surface area contributed by atoms with Crippen molar-refractivity contribution in [2.45, 2.75) is 25.7 Å². The summed E-state index contributed by atoms with van der Waals surface area (Å²) in [5, 5.41) is 2.86. The second-order valence-electron chi connectivity index (χ2n) is 8.66. The van der Waals surface area contributed by atoms with Crippen LogP contribution in [0.5, 0.6) is 17.2 Å². The molecule has 34 heavy (non-hydrogen) atoms. The minimum atomic E-state index is 0.0388. The van der Waals surface area contributed by atoms with E-state index < -0.39 is 0 Å². The van der Waals surface area contributed by atoms with Crippen LogP contribution in [0, 0.1) is 0 Å². The molecule has 0 aromatic heterocycles. The molecule has 1 amide bonds. The van der Waals surface area contributed by atoms with Crippen LogP contribution >= 0.6 is 0 Å². The van der Waals surface area contributed by atoms with Crippen LogP contribution in [0.3, 0.4) is 0 Å². The lowest BCUT2D eigenvalue weighted by Crippen LogP contribution is -2.46. The number of hydrogen-bond donors (Lipinski definition) is 1. The van der Waals surface area contributed by atoms with Gasteiger partial charge in [0.25, 0.3) is 0 Å². The van der Waals surface area contributed by atoms with Crippen molar-refractivity contribution in [2.75, 3.05) is 64.3 Å². The van der Waals surface area contributed by atoms with Crippen molar-refractivity contribution in [3.8, 4) is 17.2 Å². The molecule has 0 atom stereocenters. The second kappa shape index (κ2) is 10.8. The highest BCUT2D eigenvalue weighted by Gasteiger charge is 2.21. The lowest BCUT2D eigenvalue weighted by molar-refractivity contribution is -0.116. The van der Waals surface area contributed by atoms with Crippen LogP contribution < -0.4 is 24.4 Å². The van der Waals surface area contributed by atoms with E-state index in [-0.39, 0.29) is 11.7 Å². The fourth-order valence-corrected chi connectivity index (χ4v) is 4.64. The van der Waals surface area contributed by atoms with Crippen LogP contribution in [0.4, 0.5) is 11.4 Å². The molecule has 0 unspecified atom stereocenters. The number of piperazine rings is 1. The van der Waals surface area contributed by atoms with Gasteiger partial charge in [-0.3, -0.25) is 14.5 Å². The van der Waals surface area contributed by atoms with Gasteiger partial charge in [0, 0.05) is 68.1 Å². The van der Waals surface area contributed by atoms with Gasteiger partial charge < -0.3 is 24.4 Å². The Kier molecular flexibility index (Phi) is 7.57. The minimum absolute atomic E-state index is 0.0388. The van der Waals surface area contributed by atoms with E-state index in [1.165, 1.54) is 0 Å². The number of ketones is 1. The van der Waals surface area contributed by atoms with Gasteiger partial charge in [-0.05, 0) is 43.1 Å². The summed E-state index contributed by atoms with van der Waals surface area (Å²) in [6, 6.07) is 9.58. The predicted octanol–water partition coefficient (Wildman–Crippen LogP) is 3.38. The summed E-state index contributed by atoms with van der Waals surface area (Å²) in [5.41, 5.74) is 3.67. The molecule has 182 valence electrons. The normalized spacial score (nSPS) is 16.0. The van der Waals surface area contributed by atoms with Gasteiger partial charge in [0.15, 0.2) is 17.3 Å². The van der Waals surface area contributed by atoms with Gasteiger partial charge in [0.1, 0.15) is 0 Å². The summed E-state index contributed by atoms with van der Waals surface area (Å²) in [4.78, 5) is 28.9. The number of benzene rings is 2. The van der Waals surface area contributed by atoms with E-state index >= 15 is 0 Å². The molecular formula is C26H33N3O5. The average molecular weight is 468 g/mol. The number of carbonyl (C=O) groups is 2. The number of hydrogen-bond acceptors (Lipinski definition) is 7. The number of ether oxygens (including phenoxy) is 3. The van der Waals surface area contributed by atoms with Crippen molar-refractivity contribution in [1.29, 1.82) is 0 Å². The van der Waals surface area contributed by atoms with Crippen molar-refractivity contribution in [1.82, 2.24) is 4.90 Å². The number of aryl methyl sites for hydroxylation is 1. The number of anilines is 2. The zero-order valence-electron chi connectivity index (χ0n) is 20.2. The van der Waals surface area contributed by atoms with E-state index in [9.17, 15) is 9.59 Å². The number of nitrogens with one attached hydrogen (secondary N) is 1. The van der Waals surface area contributed by atoms with E-state index in [1.807, 2.05) is 30.3 Å². The number of Topliss-reactive ketones (excluding diaryl/α,β-unsaturated/α-hetero) is 1. The molecule has 0 radical (unpaired) electrons. The molecule has 2 aromatic rings. The van der Waals surface area contributed by atoms with Gasteiger partial charge in [-0.2, -0.15) is 0 Å². The van der Waals surface area contributed by atoms with E-state index in [0.717, 1.165) is 61.6 Å². The summed E-state index contributed by atoms with van der Waals surface area (Å²) in [6.07, 6.45) is 2.53. The number of nitrogens with zero attached hydrogens (tertiary/aromatic N) is 2. The second-order valence-corrected chi connectivity index (χ2v) is 8.66. The molecule has 2 aromatic carbocycles. The maximum Gasteiger partial charge on any atom is 0.224 e. The van der Waals surface area contributed by atoms with Crippen molar-refractivity contribution >= 4 is 23.1 Å². The molecule has 0 saturated carbocycles. The van der Waals surface area contributed by atoms with Crippen LogP contribution in [0.1, 0.15) is 35.2 Å². The lowest BCUT2D eigenvalue weighted by atomic mass is 9.97. The number of amides is 1. The molecule has 2 aliphatic heterocycles. The summed E-state index contributed by atoms with van der Waals surface area (Å²) in [5.74, 6) is 2.11.